The quantitative estimate of drug-likeness (QED) is 0.645. The van der Waals surface area contributed by atoms with Crippen LogP contribution >= 0.6 is 0 Å². The van der Waals surface area contributed by atoms with Gasteiger partial charge in [-0.15, -0.1) is 0 Å². The lowest BCUT2D eigenvalue weighted by Gasteiger charge is -2.30. The molecule has 2 aromatic rings. The van der Waals surface area contributed by atoms with E-state index in [0.717, 1.165) is 25.7 Å². The van der Waals surface area contributed by atoms with Crippen LogP contribution in [-0.4, -0.2) is 43.3 Å². The lowest BCUT2D eigenvalue weighted by atomic mass is 9.97. The van der Waals surface area contributed by atoms with Gasteiger partial charge in [0.2, 0.25) is 15.9 Å². The number of sulfonamides is 1. The number of carbonyl (C=O) groups is 2. The van der Waals surface area contributed by atoms with Gasteiger partial charge < -0.3 is 14.8 Å². The van der Waals surface area contributed by atoms with Crippen LogP contribution in [0.4, 0.5) is 5.69 Å². The highest BCUT2D eigenvalue weighted by Gasteiger charge is 2.44. The Morgan fingerprint density at radius 3 is 2.41 bits per heavy atom. The second-order valence-corrected chi connectivity index (χ2v) is 11.2. The number of nitrogens with one attached hydrogen (secondary N) is 1. The average Bonchev–Trinajstić information content (AvgIpc) is 3.44. The summed E-state index contributed by atoms with van der Waals surface area (Å²) in [5.41, 5.74) is 0.997. The standard InChI is InChI=1S/C25H28N2O6S/c1-17(28)19-5-4-6-21(15-19)34(30,31)27-13-9-18(10-14-27)24(29)26-20-7-8-22-23(16-20)33-25(32-22)11-2-3-12-25/h4-8,15-16,18H,2-3,9-14H2,1H3,(H,26,29). The molecule has 3 aliphatic rings. The molecule has 2 heterocycles. The van der Waals surface area contributed by atoms with E-state index < -0.39 is 15.8 Å². The minimum Gasteiger partial charge on any atom is -0.448 e. The second-order valence-electron chi connectivity index (χ2n) is 9.24. The van der Waals surface area contributed by atoms with E-state index in [1.807, 2.05) is 6.07 Å². The molecule has 5 rings (SSSR count). The van der Waals surface area contributed by atoms with Gasteiger partial charge in [-0.25, -0.2) is 8.42 Å². The molecule has 0 unspecified atom stereocenters. The maximum absolute atomic E-state index is 13.0. The molecular weight excluding hydrogens is 456 g/mol. The van der Waals surface area contributed by atoms with E-state index in [0.29, 0.717) is 35.6 Å². The minimum atomic E-state index is -3.73. The van der Waals surface area contributed by atoms with Gasteiger partial charge >= 0.3 is 0 Å². The van der Waals surface area contributed by atoms with E-state index in [-0.39, 0.29) is 35.6 Å². The van der Waals surface area contributed by atoms with Crippen LogP contribution in [0.3, 0.4) is 0 Å². The molecule has 8 nitrogen and oxygen atoms in total. The van der Waals surface area contributed by atoms with E-state index in [1.54, 1.807) is 24.3 Å². The highest BCUT2D eigenvalue weighted by atomic mass is 32.2. The number of nitrogens with zero attached hydrogens (tertiary/aromatic N) is 1. The number of fused-ring (bicyclic) bond motifs is 1. The van der Waals surface area contributed by atoms with Gasteiger partial charge in [-0.3, -0.25) is 9.59 Å². The summed E-state index contributed by atoms with van der Waals surface area (Å²) in [6, 6.07) is 11.5. The fourth-order valence-electron chi connectivity index (χ4n) is 4.92. The van der Waals surface area contributed by atoms with E-state index in [1.165, 1.54) is 23.4 Å². The number of Topliss-reactive ketones (excluding diaryl/α,β-unsaturated/α-hetero) is 1. The highest BCUT2D eigenvalue weighted by Crippen LogP contribution is 2.47. The van der Waals surface area contributed by atoms with Gasteiger partial charge in [0.05, 0.1) is 4.90 Å². The third-order valence-electron chi connectivity index (χ3n) is 6.87. The topological polar surface area (TPSA) is 102 Å². The largest absolute Gasteiger partial charge is 0.448 e. The number of piperidine rings is 1. The molecule has 0 radical (unpaired) electrons. The minimum absolute atomic E-state index is 0.100. The zero-order valence-electron chi connectivity index (χ0n) is 19.1. The normalized spacial score (nSPS) is 19.9. The first-order chi connectivity index (χ1) is 16.3. The van der Waals surface area contributed by atoms with Crippen molar-refractivity contribution in [3.8, 4) is 11.5 Å². The number of anilines is 1. The van der Waals surface area contributed by atoms with Crippen LogP contribution in [0.15, 0.2) is 47.4 Å². The van der Waals surface area contributed by atoms with Crippen LogP contribution in [0.5, 0.6) is 11.5 Å². The van der Waals surface area contributed by atoms with Crippen LogP contribution in [-0.2, 0) is 14.8 Å². The van der Waals surface area contributed by atoms with Crippen molar-refractivity contribution in [2.45, 2.75) is 56.1 Å². The van der Waals surface area contributed by atoms with Crippen molar-refractivity contribution in [2.75, 3.05) is 18.4 Å². The summed E-state index contributed by atoms with van der Waals surface area (Å²) in [7, 11) is -3.73. The van der Waals surface area contributed by atoms with E-state index in [4.69, 9.17) is 9.47 Å². The Bertz CT molecular complexity index is 1230. The lowest BCUT2D eigenvalue weighted by molar-refractivity contribution is -0.120. The van der Waals surface area contributed by atoms with Gasteiger partial charge in [0, 0.05) is 49.2 Å². The fraction of sp³-hybridized carbons (Fsp3) is 0.440. The molecule has 1 N–H and O–H groups in total. The first-order valence-corrected chi connectivity index (χ1v) is 13.1. The predicted octanol–water partition coefficient (Wildman–Crippen LogP) is 3.97. The fourth-order valence-corrected chi connectivity index (χ4v) is 6.43. The Morgan fingerprint density at radius 1 is 1.00 bits per heavy atom. The van der Waals surface area contributed by atoms with Gasteiger partial charge in [0.15, 0.2) is 17.3 Å². The Balaban J connectivity index is 1.20. The van der Waals surface area contributed by atoms with E-state index in [2.05, 4.69) is 5.32 Å². The second kappa shape index (κ2) is 8.70. The Labute approximate surface area is 199 Å². The molecule has 1 spiro atoms. The summed E-state index contributed by atoms with van der Waals surface area (Å²) in [5.74, 6) is 0.189. The first-order valence-electron chi connectivity index (χ1n) is 11.7. The Morgan fingerprint density at radius 2 is 1.71 bits per heavy atom. The Kier molecular flexibility index (Phi) is 5.85. The molecule has 1 aliphatic carbocycles. The molecule has 180 valence electrons. The van der Waals surface area contributed by atoms with Gasteiger partial charge in [-0.2, -0.15) is 4.31 Å². The summed E-state index contributed by atoms with van der Waals surface area (Å²) >= 11 is 0. The summed E-state index contributed by atoms with van der Waals surface area (Å²) in [6.07, 6.45) is 4.73. The molecule has 9 heteroatoms. The van der Waals surface area contributed by atoms with Crippen molar-refractivity contribution in [1.29, 1.82) is 0 Å². The third kappa shape index (κ3) is 4.30. The van der Waals surface area contributed by atoms with Crippen LogP contribution in [0, 0.1) is 5.92 Å². The maximum Gasteiger partial charge on any atom is 0.251 e. The van der Waals surface area contributed by atoms with Crippen molar-refractivity contribution >= 4 is 27.4 Å². The lowest BCUT2D eigenvalue weighted by Crippen LogP contribution is -2.41. The predicted molar refractivity (Wildman–Crippen MR) is 125 cm³/mol. The number of ketones is 1. The first kappa shape index (κ1) is 22.9. The zero-order valence-corrected chi connectivity index (χ0v) is 19.9. The molecular formula is C25H28N2O6S. The van der Waals surface area contributed by atoms with Crippen LogP contribution in [0.2, 0.25) is 0 Å². The summed E-state index contributed by atoms with van der Waals surface area (Å²) < 4.78 is 39.5. The van der Waals surface area contributed by atoms with Gasteiger partial charge in [0.1, 0.15) is 0 Å². The van der Waals surface area contributed by atoms with Crippen molar-refractivity contribution in [2.24, 2.45) is 5.92 Å². The average molecular weight is 485 g/mol. The SMILES string of the molecule is CC(=O)c1cccc(S(=O)(=O)N2CCC(C(=O)Nc3ccc4c(c3)OC3(CCCC3)O4)CC2)c1. The van der Waals surface area contributed by atoms with Gasteiger partial charge in [-0.05, 0) is 56.9 Å². The van der Waals surface area contributed by atoms with Gasteiger partial charge in [-0.1, -0.05) is 12.1 Å². The number of hydrogen-bond donors (Lipinski definition) is 1. The molecule has 2 aromatic carbocycles. The van der Waals surface area contributed by atoms with Crippen LogP contribution < -0.4 is 14.8 Å². The molecule has 0 atom stereocenters. The third-order valence-corrected chi connectivity index (χ3v) is 8.77. The zero-order chi connectivity index (χ0) is 23.9. The number of rotatable bonds is 5. The molecule has 1 saturated heterocycles. The molecule has 2 aliphatic heterocycles. The summed E-state index contributed by atoms with van der Waals surface area (Å²) in [4.78, 5) is 24.6. The van der Waals surface area contributed by atoms with Crippen molar-refractivity contribution < 1.29 is 27.5 Å². The number of carbonyl (C=O) groups excluding carboxylic acids is 2. The van der Waals surface area contributed by atoms with E-state index in [9.17, 15) is 18.0 Å². The number of benzene rings is 2. The van der Waals surface area contributed by atoms with Crippen molar-refractivity contribution in [1.82, 2.24) is 4.31 Å². The van der Waals surface area contributed by atoms with Crippen LogP contribution in [0.1, 0.15) is 55.8 Å². The molecule has 1 amide bonds. The van der Waals surface area contributed by atoms with Gasteiger partial charge in [0.25, 0.3) is 5.79 Å². The smallest absolute Gasteiger partial charge is 0.251 e. The molecule has 0 aromatic heterocycles. The summed E-state index contributed by atoms with van der Waals surface area (Å²) in [5, 5.41) is 2.95. The number of hydrogen-bond acceptors (Lipinski definition) is 6. The van der Waals surface area contributed by atoms with Crippen molar-refractivity contribution in [3.63, 3.8) is 0 Å². The summed E-state index contributed by atoms with van der Waals surface area (Å²) in [6.45, 7) is 1.89. The number of ether oxygens (including phenoxy) is 2. The monoisotopic (exact) mass is 484 g/mol. The molecule has 0 bridgehead atoms. The number of amides is 1. The maximum atomic E-state index is 13.0. The highest BCUT2D eigenvalue weighted by molar-refractivity contribution is 7.89. The molecule has 1 saturated carbocycles. The molecule has 34 heavy (non-hydrogen) atoms. The molecule has 2 fully saturated rings. The van der Waals surface area contributed by atoms with Crippen molar-refractivity contribution in [3.05, 3.63) is 48.0 Å². The van der Waals surface area contributed by atoms with E-state index >= 15 is 0 Å². The van der Waals surface area contributed by atoms with Crippen LogP contribution in [0.25, 0.3) is 0 Å². The Hall–Kier alpha value is -2.91.